The molecule has 0 aromatic carbocycles. The van der Waals surface area contributed by atoms with Crippen LogP contribution in [0, 0.1) is 5.92 Å². The molecule has 1 rings (SSSR count). The van der Waals surface area contributed by atoms with Crippen LogP contribution in [0.3, 0.4) is 0 Å². The van der Waals surface area contributed by atoms with Gasteiger partial charge in [0.25, 0.3) is 0 Å². The lowest BCUT2D eigenvalue weighted by Gasteiger charge is -2.19. The minimum absolute atomic E-state index is 0.224. The molecule has 0 radical (unpaired) electrons. The fourth-order valence-corrected chi connectivity index (χ4v) is 3.00. The molecule has 6 nitrogen and oxygen atoms in total. The van der Waals surface area contributed by atoms with Gasteiger partial charge in [-0.05, 0) is 31.7 Å². The second-order valence-corrected chi connectivity index (χ2v) is 6.88. The van der Waals surface area contributed by atoms with Crippen molar-refractivity contribution in [3.63, 3.8) is 0 Å². The summed E-state index contributed by atoms with van der Waals surface area (Å²) < 4.78 is 29.0. The fourth-order valence-electron chi connectivity index (χ4n) is 2.07. The standard InChI is InChI=1S/C12H24N2O4S/c1-4-14(19(3,16)17)9-5-8-13-11(10-6-7-10)12(15)18-2/h10-11,13H,4-9H2,1-3H3. The molecular formula is C12H24N2O4S. The highest BCUT2D eigenvalue weighted by Gasteiger charge is 2.36. The highest BCUT2D eigenvalue weighted by molar-refractivity contribution is 7.88. The first kappa shape index (κ1) is 16.4. The van der Waals surface area contributed by atoms with Gasteiger partial charge in [-0.2, -0.15) is 0 Å². The van der Waals surface area contributed by atoms with Crippen molar-refractivity contribution in [3.8, 4) is 0 Å². The van der Waals surface area contributed by atoms with E-state index < -0.39 is 10.0 Å². The molecule has 0 aliphatic heterocycles. The van der Waals surface area contributed by atoms with Gasteiger partial charge in [-0.15, -0.1) is 0 Å². The van der Waals surface area contributed by atoms with E-state index in [0.29, 0.717) is 32.0 Å². The molecule has 1 N–H and O–H groups in total. The predicted octanol–water partition coefficient (Wildman–Crippen LogP) is 0.199. The van der Waals surface area contributed by atoms with Crippen LogP contribution in [0.4, 0.5) is 0 Å². The molecular weight excluding hydrogens is 268 g/mol. The van der Waals surface area contributed by atoms with Crippen LogP contribution in [0.2, 0.25) is 0 Å². The quantitative estimate of drug-likeness (QED) is 0.485. The number of hydrogen-bond acceptors (Lipinski definition) is 5. The van der Waals surface area contributed by atoms with E-state index in [2.05, 4.69) is 5.32 Å². The maximum atomic E-state index is 11.5. The second kappa shape index (κ2) is 7.21. The van der Waals surface area contributed by atoms with Gasteiger partial charge in [0.1, 0.15) is 6.04 Å². The molecule has 112 valence electrons. The van der Waals surface area contributed by atoms with Crippen LogP contribution >= 0.6 is 0 Å². The van der Waals surface area contributed by atoms with E-state index in [-0.39, 0.29) is 12.0 Å². The van der Waals surface area contributed by atoms with Crippen LogP contribution in [0.15, 0.2) is 0 Å². The van der Waals surface area contributed by atoms with E-state index in [4.69, 9.17) is 4.74 Å². The second-order valence-electron chi connectivity index (χ2n) is 4.90. The van der Waals surface area contributed by atoms with Gasteiger partial charge in [0, 0.05) is 13.1 Å². The SMILES string of the molecule is CCN(CCCNC(C(=O)OC)C1CC1)S(C)(=O)=O. The summed E-state index contributed by atoms with van der Waals surface area (Å²) in [5.74, 6) is 0.155. The number of ether oxygens (including phenoxy) is 1. The Labute approximate surface area is 115 Å². The number of rotatable bonds is 9. The number of carbonyl (C=O) groups is 1. The molecule has 0 aromatic rings. The summed E-state index contributed by atoms with van der Waals surface area (Å²) >= 11 is 0. The number of carbonyl (C=O) groups excluding carboxylic acids is 1. The summed E-state index contributed by atoms with van der Waals surface area (Å²) in [5, 5.41) is 3.17. The number of methoxy groups -OCH3 is 1. The molecule has 0 bridgehead atoms. The average molecular weight is 292 g/mol. The Balaban J connectivity index is 2.30. The van der Waals surface area contributed by atoms with E-state index in [1.165, 1.54) is 17.7 Å². The number of hydrogen-bond donors (Lipinski definition) is 1. The van der Waals surface area contributed by atoms with Crippen LogP contribution < -0.4 is 5.32 Å². The Morgan fingerprint density at radius 3 is 2.53 bits per heavy atom. The Morgan fingerprint density at radius 2 is 2.11 bits per heavy atom. The first-order chi connectivity index (χ1) is 8.90. The summed E-state index contributed by atoms with van der Waals surface area (Å²) in [6.07, 6.45) is 4.00. The van der Waals surface area contributed by atoms with Crippen molar-refractivity contribution in [1.82, 2.24) is 9.62 Å². The molecule has 1 saturated carbocycles. The van der Waals surface area contributed by atoms with Gasteiger partial charge in [0.2, 0.25) is 10.0 Å². The first-order valence-corrected chi connectivity index (χ1v) is 8.51. The molecule has 0 spiro atoms. The van der Waals surface area contributed by atoms with E-state index in [0.717, 1.165) is 12.8 Å². The molecule has 1 atom stereocenters. The highest BCUT2D eigenvalue weighted by atomic mass is 32.2. The number of nitrogens with zero attached hydrogens (tertiary/aromatic N) is 1. The summed E-state index contributed by atoms with van der Waals surface area (Å²) in [6.45, 7) is 3.38. The van der Waals surface area contributed by atoms with Crippen LogP contribution in [0.5, 0.6) is 0 Å². The third-order valence-corrected chi connectivity index (χ3v) is 4.70. The van der Waals surface area contributed by atoms with Gasteiger partial charge in [0.15, 0.2) is 0 Å². The minimum Gasteiger partial charge on any atom is -0.468 e. The van der Waals surface area contributed by atoms with Crippen LogP contribution in [-0.4, -0.2) is 57.7 Å². The summed E-state index contributed by atoms with van der Waals surface area (Å²) in [4.78, 5) is 11.5. The van der Waals surface area contributed by atoms with Gasteiger partial charge in [-0.1, -0.05) is 6.92 Å². The van der Waals surface area contributed by atoms with Crippen molar-refractivity contribution >= 4 is 16.0 Å². The normalized spacial score (nSPS) is 17.5. The molecule has 1 aliphatic rings. The molecule has 0 amide bonds. The Kier molecular flexibility index (Phi) is 6.22. The third kappa shape index (κ3) is 5.46. The molecule has 0 heterocycles. The van der Waals surface area contributed by atoms with Crippen molar-refractivity contribution in [2.75, 3.05) is 33.0 Å². The van der Waals surface area contributed by atoms with Crippen molar-refractivity contribution < 1.29 is 17.9 Å². The van der Waals surface area contributed by atoms with E-state index in [9.17, 15) is 13.2 Å². The largest absolute Gasteiger partial charge is 0.468 e. The first-order valence-electron chi connectivity index (χ1n) is 6.66. The molecule has 1 aliphatic carbocycles. The predicted molar refractivity (Wildman–Crippen MR) is 73.2 cm³/mol. The molecule has 7 heteroatoms. The lowest BCUT2D eigenvalue weighted by molar-refractivity contribution is -0.143. The Morgan fingerprint density at radius 1 is 1.47 bits per heavy atom. The smallest absolute Gasteiger partial charge is 0.323 e. The Bertz CT molecular complexity index is 393. The third-order valence-electron chi connectivity index (χ3n) is 3.32. The van der Waals surface area contributed by atoms with Gasteiger partial charge < -0.3 is 10.1 Å². The van der Waals surface area contributed by atoms with E-state index >= 15 is 0 Å². The van der Waals surface area contributed by atoms with Crippen molar-refractivity contribution in [3.05, 3.63) is 0 Å². The number of sulfonamides is 1. The number of esters is 1. The number of nitrogens with one attached hydrogen (secondary N) is 1. The molecule has 0 aromatic heterocycles. The van der Waals surface area contributed by atoms with Crippen LogP contribution in [0.25, 0.3) is 0 Å². The highest BCUT2D eigenvalue weighted by Crippen LogP contribution is 2.33. The van der Waals surface area contributed by atoms with Crippen molar-refractivity contribution in [1.29, 1.82) is 0 Å². The molecule has 19 heavy (non-hydrogen) atoms. The zero-order valence-electron chi connectivity index (χ0n) is 11.9. The van der Waals surface area contributed by atoms with Crippen molar-refractivity contribution in [2.45, 2.75) is 32.2 Å². The lowest BCUT2D eigenvalue weighted by Crippen LogP contribution is -2.41. The minimum atomic E-state index is -3.13. The zero-order chi connectivity index (χ0) is 14.5. The summed E-state index contributed by atoms with van der Waals surface area (Å²) in [6, 6.07) is -0.238. The Hall–Kier alpha value is -0.660. The molecule has 0 saturated heterocycles. The van der Waals surface area contributed by atoms with Gasteiger partial charge >= 0.3 is 5.97 Å². The average Bonchev–Trinajstić information content (AvgIpc) is 3.15. The van der Waals surface area contributed by atoms with E-state index in [1.54, 1.807) is 0 Å². The fraction of sp³-hybridized carbons (Fsp3) is 0.917. The van der Waals surface area contributed by atoms with Crippen molar-refractivity contribution in [2.24, 2.45) is 5.92 Å². The monoisotopic (exact) mass is 292 g/mol. The zero-order valence-corrected chi connectivity index (χ0v) is 12.7. The van der Waals surface area contributed by atoms with Gasteiger partial charge in [0.05, 0.1) is 13.4 Å². The topological polar surface area (TPSA) is 75.7 Å². The van der Waals surface area contributed by atoms with Crippen LogP contribution in [0.1, 0.15) is 26.2 Å². The summed E-state index contributed by atoms with van der Waals surface area (Å²) in [5.41, 5.74) is 0. The maximum Gasteiger partial charge on any atom is 0.323 e. The molecule has 1 unspecified atom stereocenters. The lowest BCUT2D eigenvalue weighted by atomic mass is 10.2. The summed E-state index contributed by atoms with van der Waals surface area (Å²) in [7, 11) is -1.74. The van der Waals surface area contributed by atoms with Gasteiger partial charge in [-0.25, -0.2) is 12.7 Å². The molecule has 1 fully saturated rings. The maximum absolute atomic E-state index is 11.5. The van der Waals surface area contributed by atoms with E-state index in [1.807, 2.05) is 6.92 Å². The van der Waals surface area contributed by atoms with Gasteiger partial charge in [-0.3, -0.25) is 4.79 Å². The van der Waals surface area contributed by atoms with Crippen LogP contribution in [-0.2, 0) is 19.6 Å².